The molecule has 1 saturated heterocycles. The number of benzene rings is 1. The van der Waals surface area contributed by atoms with Crippen LogP contribution in [0.25, 0.3) is 0 Å². The van der Waals surface area contributed by atoms with E-state index in [0.717, 1.165) is 5.57 Å². The minimum Gasteiger partial charge on any atom is -0.504 e. The number of carbonyl (C=O) groups is 2. The summed E-state index contributed by atoms with van der Waals surface area (Å²) in [6.45, 7) is 2.36. The van der Waals surface area contributed by atoms with Crippen LogP contribution in [0.4, 0.5) is 5.69 Å². The summed E-state index contributed by atoms with van der Waals surface area (Å²) in [7, 11) is 1.41. The summed E-state index contributed by atoms with van der Waals surface area (Å²) in [5, 5.41) is 12.5. The van der Waals surface area contributed by atoms with Crippen molar-refractivity contribution < 1.29 is 19.4 Å². The Morgan fingerprint density at radius 1 is 1.43 bits per heavy atom. The lowest BCUT2D eigenvalue weighted by atomic mass is 10.1. The number of methoxy groups -OCH3 is 1. The molecule has 0 aliphatic carbocycles. The number of hydrogen-bond donors (Lipinski definition) is 2. The Morgan fingerprint density at radius 2 is 2.19 bits per heavy atom. The first-order valence-corrected chi connectivity index (χ1v) is 6.72. The summed E-state index contributed by atoms with van der Waals surface area (Å²) in [6, 6.07) is 2.32. The highest BCUT2D eigenvalue weighted by atomic mass is 16.5. The average Bonchev–Trinajstić information content (AvgIpc) is 2.87. The van der Waals surface area contributed by atoms with Gasteiger partial charge in [-0.1, -0.05) is 11.6 Å². The number of aromatic hydroxyl groups is 1. The van der Waals surface area contributed by atoms with Gasteiger partial charge in [-0.25, -0.2) is 0 Å². The van der Waals surface area contributed by atoms with E-state index >= 15 is 0 Å². The third-order valence-electron chi connectivity index (χ3n) is 3.98. The fraction of sp³-hybridized carbons (Fsp3) is 0.333. The smallest absolute Gasteiger partial charge is 0.257 e. The summed E-state index contributed by atoms with van der Waals surface area (Å²) in [6.07, 6.45) is 2.48. The first-order chi connectivity index (χ1) is 10.0. The zero-order chi connectivity index (χ0) is 15.1. The van der Waals surface area contributed by atoms with E-state index in [1.54, 1.807) is 4.90 Å². The van der Waals surface area contributed by atoms with Crippen LogP contribution in [-0.2, 0) is 4.79 Å². The number of rotatable bonds is 1. The molecular weight excluding hydrogens is 272 g/mol. The maximum atomic E-state index is 12.7. The van der Waals surface area contributed by atoms with Gasteiger partial charge in [-0.15, -0.1) is 0 Å². The summed E-state index contributed by atoms with van der Waals surface area (Å²) < 4.78 is 5.04. The van der Waals surface area contributed by atoms with Gasteiger partial charge < -0.3 is 20.1 Å². The van der Waals surface area contributed by atoms with Crippen molar-refractivity contribution in [3.05, 3.63) is 29.3 Å². The zero-order valence-electron chi connectivity index (χ0n) is 11.8. The first-order valence-electron chi connectivity index (χ1n) is 6.72. The van der Waals surface area contributed by atoms with Crippen LogP contribution in [0.1, 0.15) is 23.7 Å². The van der Waals surface area contributed by atoms with Crippen molar-refractivity contribution in [3.63, 3.8) is 0 Å². The Morgan fingerprint density at radius 3 is 2.86 bits per heavy atom. The molecule has 3 rings (SSSR count). The van der Waals surface area contributed by atoms with Gasteiger partial charge in [0.05, 0.1) is 18.4 Å². The van der Waals surface area contributed by atoms with Crippen molar-refractivity contribution in [1.29, 1.82) is 0 Å². The number of nitrogens with zero attached hydrogens (tertiary/aromatic N) is 1. The number of ether oxygens (including phenoxy) is 1. The highest BCUT2D eigenvalue weighted by molar-refractivity contribution is 6.11. The Bertz CT molecular complexity index is 666. The molecule has 1 fully saturated rings. The number of phenolic OH excluding ortho intramolecular Hbond substituents is 1. The molecule has 1 atom stereocenters. The number of fused-ring (bicyclic) bond motifs is 2. The maximum absolute atomic E-state index is 12.7. The van der Waals surface area contributed by atoms with E-state index in [9.17, 15) is 14.7 Å². The molecule has 6 nitrogen and oxygen atoms in total. The van der Waals surface area contributed by atoms with Crippen molar-refractivity contribution in [2.45, 2.75) is 19.4 Å². The minimum atomic E-state index is -0.496. The molecule has 0 aromatic heterocycles. The second-order valence-corrected chi connectivity index (χ2v) is 5.16. The zero-order valence-corrected chi connectivity index (χ0v) is 11.8. The Kier molecular flexibility index (Phi) is 3.08. The van der Waals surface area contributed by atoms with E-state index in [4.69, 9.17) is 4.74 Å². The Hall–Kier alpha value is -2.50. The number of hydrogen-bond acceptors (Lipinski definition) is 4. The second-order valence-electron chi connectivity index (χ2n) is 5.16. The third kappa shape index (κ3) is 2.03. The van der Waals surface area contributed by atoms with Gasteiger partial charge >= 0.3 is 0 Å². The van der Waals surface area contributed by atoms with E-state index in [0.29, 0.717) is 24.2 Å². The predicted molar refractivity (Wildman–Crippen MR) is 76.5 cm³/mol. The van der Waals surface area contributed by atoms with Crippen LogP contribution in [0.5, 0.6) is 11.5 Å². The Balaban J connectivity index is 2.10. The van der Waals surface area contributed by atoms with Gasteiger partial charge in [-0.05, 0) is 19.4 Å². The van der Waals surface area contributed by atoms with Crippen molar-refractivity contribution in [3.8, 4) is 11.5 Å². The fourth-order valence-electron chi connectivity index (χ4n) is 2.79. The molecule has 1 aromatic rings. The van der Waals surface area contributed by atoms with Crippen LogP contribution < -0.4 is 10.1 Å². The number of anilines is 1. The molecule has 21 heavy (non-hydrogen) atoms. The van der Waals surface area contributed by atoms with Crippen LogP contribution >= 0.6 is 0 Å². The molecule has 0 unspecified atom stereocenters. The number of amides is 2. The van der Waals surface area contributed by atoms with E-state index < -0.39 is 6.04 Å². The van der Waals surface area contributed by atoms with E-state index in [-0.39, 0.29) is 23.3 Å². The summed E-state index contributed by atoms with van der Waals surface area (Å²) in [5.41, 5.74) is 1.72. The van der Waals surface area contributed by atoms with Gasteiger partial charge in [0, 0.05) is 12.6 Å². The number of carbonyl (C=O) groups excluding carboxylic acids is 2. The molecule has 2 aliphatic rings. The van der Waals surface area contributed by atoms with Crippen LogP contribution in [0.2, 0.25) is 0 Å². The first kappa shape index (κ1) is 13.5. The van der Waals surface area contributed by atoms with E-state index in [1.807, 2.05) is 13.0 Å². The maximum Gasteiger partial charge on any atom is 0.257 e. The summed E-state index contributed by atoms with van der Waals surface area (Å²) in [4.78, 5) is 26.5. The van der Waals surface area contributed by atoms with E-state index in [1.165, 1.54) is 19.2 Å². The Labute approximate surface area is 122 Å². The molecule has 2 aliphatic heterocycles. The van der Waals surface area contributed by atoms with Gasteiger partial charge in [0.2, 0.25) is 5.91 Å². The average molecular weight is 288 g/mol. The number of nitrogens with one attached hydrogen (secondary N) is 1. The van der Waals surface area contributed by atoms with Gasteiger partial charge in [0.15, 0.2) is 11.5 Å². The highest BCUT2D eigenvalue weighted by Crippen LogP contribution is 2.37. The number of phenols is 1. The SMILES string of the molecule is C/C=C1\C[C@H]2C(=O)Nc3cc(O)c(OC)cc3C(=O)N2C1. The predicted octanol–water partition coefficient (Wildman–Crippen LogP) is 1.51. The van der Waals surface area contributed by atoms with Gasteiger partial charge in [0.25, 0.3) is 5.91 Å². The monoisotopic (exact) mass is 288 g/mol. The number of allylic oxidation sites excluding steroid dienone is 1. The summed E-state index contributed by atoms with van der Waals surface area (Å²) >= 11 is 0. The molecule has 0 spiro atoms. The van der Waals surface area contributed by atoms with Crippen molar-refractivity contribution in [2.75, 3.05) is 19.0 Å². The highest BCUT2D eigenvalue weighted by Gasteiger charge is 2.40. The van der Waals surface area contributed by atoms with Crippen molar-refractivity contribution in [1.82, 2.24) is 4.90 Å². The molecule has 2 heterocycles. The molecular formula is C15H16N2O4. The molecule has 1 aromatic carbocycles. The molecule has 2 N–H and O–H groups in total. The third-order valence-corrected chi connectivity index (χ3v) is 3.98. The van der Waals surface area contributed by atoms with Crippen LogP contribution in [0.15, 0.2) is 23.8 Å². The minimum absolute atomic E-state index is 0.111. The van der Waals surface area contributed by atoms with E-state index in [2.05, 4.69) is 5.32 Å². The standard InChI is InChI=1S/C15H16N2O4/c1-3-8-4-11-14(19)16-10-6-12(18)13(21-2)5-9(10)15(20)17(11)7-8/h3,5-6,11,18H,4,7H2,1-2H3,(H,16,19)/b8-3+/t11-/m0/s1. The lowest BCUT2D eigenvalue weighted by Crippen LogP contribution is -2.40. The molecule has 0 radical (unpaired) electrons. The second kappa shape index (κ2) is 4.80. The largest absolute Gasteiger partial charge is 0.504 e. The van der Waals surface area contributed by atoms with Gasteiger partial charge in [-0.2, -0.15) is 0 Å². The van der Waals surface area contributed by atoms with Crippen LogP contribution in [-0.4, -0.2) is 41.5 Å². The molecule has 6 heteroatoms. The quantitative estimate of drug-likeness (QED) is 0.768. The molecule has 0 bridgehead atoms. The lowest BCUT2D eigenvalue weighted by molar-refractivity contribution is -0.119. The van der Waals surface area contributed by atoms with Crippen LogP contribution in [0, 0.1) is 0 Å². The van der Waals surface area contributed by atoms with Gasteiger partial charge in [-0.3, -0.25) is 9.59 Å². The van der Waals surface area contributed by atoms with Crippen molar-refractivity contribution in [2.24, 2.45) is 0 Å². The molecule has 0 saturated carbocycles. The van der Waals surface area contributed by atoms with Gasteiger partial charge in [0.1, 0.15) is 6.04 Å². The molecule has 110 valence electrons. The molecule has 2 amide bonds. The normalized spacial score (nSPS) is 22.7. The summed E-state index contributed by atoms with van der Waals surface area (Å²) in [5.74, 6) is -0.368. The van der Waals surface area contributed by atoms with Crippen LogP contribution in [0.3, 0.4) is 0 Å². The lowest BCUT2D eigenvalue weighted by Gasteiger charge is -2.19. The fourth-order valence-corrected chi connectivity index (χ4v) is 2.79. The van der Waals surface area contributed by atoms with Crippen molar-refractivity contribution >= 4 is 17.5 Å². The topological polar surface area (TPSA) is 78.9 Å².